The predicted octanol–water partition coefficient (Wildman–Crippen LogP) is 0.459. The van der Waals surface area contributed by atoms with Crippen LogP contribution in [0.25, 0.3) is 0 Å². The molecule has 5 nitrogen and oxygen atoms in total. The summed E-state index contributed by atoms with van der Waals surface area (Å²) < 4.78 is 46.7. The Morgan fingerprint density at radius 3 is 2.11 bits per heavy atom. The number of likely N-dealkylation sites (N-methyl/N-ethyl adjacent to an activating group) is 1. The molecule has 9 heteroatoms. The zero-order valence-electron chi connectivity index (χ0n) is 9.57. The highest BCUT2D eigenvalue weighted by Crippen LogP contribution is 2.56. The van der Waals surface area contributed by atoms with E-state index in [1.54, 1.807) is 0 Å². The van der Waals surface area contributed by atoms with Crippen molar-refractivity contribution in [1.82, 2.24) is 4.90 Å². The van der Waals surface area contributed by atoms with Crippen LogP contribution < -0.4 is 0 Å². The largest absolute Gasteiger partial charge is 0.602 e. The summed E-state index contributed by atoms with van der Waals surface area (Å²) >= 11 is 0. The van der Waals surface area contributed by atoms with Gasteiger partial charge in [0.15, 0.2) is 0 Å². The maximum absolute atomic E-state index is 12.4. The predicted molar refractivity (Wildman–Crippen MR) is 53.3 cm³/mol. The number of carbonyl (C=O) groups excluding carboxylic acids is 2. The lowest BCUT2D eigenvalue weighted by Gasteiger charge is -2.22. The monoisotopic (exact) mass is 265 g/mol. The molecule has 1 aliphatic carbocycles. The molecule has 100 valence electrons. The van der Waals surface area contributed by atoms with E-state index in [-0.39, 0.29) is 19.5 Å². The van der Waals surface area contributed by atoms with Gasteiger partial charge in [-0.3, -0.25) is 14.5 Å². The van der Waals surface area contributed by atoms with Crippen molar-refractivity contribution in [3.63, 3.8) is 0 Å². The Morgan fingerprint density at radius 2 is 1.72 bits per heavy atom. The minimum atomic E-state index is -4.34. The van der Waals surface area contributed by atoms with E-state index >= 15 is 0 Å². The van der Waals surface area contributed by atoms with E-state index in [9.17, 15) is 22.8 Å². The van der Waals surface area contributed by atoms with Crippen LogP contribution in [0, 0.1) is 5.92 Å². The quantitative estimate of drug-likeness (QED) is 0.644. The van der Waals surface area contributed by atoms with Crippen LogP contribution in [0.3, 0.4) is 0 Å². The number of rotatable bonds is 1. The summed E-state index contributed by atoms with van der Waals surface area (Å²) in [6.45, 7) is -0.288. The van der Waals surface area contributed by atoms with Gasteiger partial charge in [-0.05, 0) is 13.5 Å². The van der Waals surface area contributed by atoms with Gasteiger partial charge in [-0.25, -0.2) is 0 Å². The van der Waals surface area contributed by atoms with Gasteiger partial charge in [0.05, 0.1) is 19.0 Å². The number of carbonyl (C=O) groups is 2. The minimum absolute atomic E-state index is 0.144. The molecule has 0 radical (unpaired) electrons. The molecule has 2 rings (SSSR count). The molecular weight excluding hydrogens is 254 g/mol. The first-order valence-corrected chi connectivity index (χ1v) is 5.41. The highest BCUT2D eigenvalue weighted by molar-refractivity contribution is 6.52. The maximum atomic E-state index is 12.4. The van der Waals surface area contributed by atoms with Crippen molar-refractivity contribution < 1.29 is 32.1 Å². The van der Waals surface area contributed by atoms with Crippen LogP contribution in [0.1, 0.15) is 6.42 Å². The Bertz CT molecular complexity index is 355. The van der Waals surface area contributed by atoms with E-state index in [0.717, 1.165) is 0 Å². The van der Waals surface area contributed by atoms with Crippen LogP contribution in [0.2, 0.25) is 5.82 Å². The minimum Gasteiger partial charge on any atom is -0.498 e. The molecule has 0 N–H and O–H groups in total. The maximum Gasteiger partial charge on any atom is 0.602 e. The van der Waals surface area contributed by atoms with E-state index in [2.05, 4.69) is 0 Å². The number of hydrogen-bond donors (Lipinski definition) is 0. The summed E-state index contributed by atoms with van der Waals surface area (Å²) in [7, 11) is 0.101. The van der Waals surface area contributed by atoms with Crippen LogP contribution in [0.4, 0.5) is 13.2 Å². The van der Waals surface area contributed by atoms with E-state index in [1.807, 2.05) is 0 Å². The van der Waals surface area contributed by atoms with Crippen molar-refractivity contribution >= 4 is 19.1 Å². The molecule has 2 aliphatic rings. The van der Waals surface area contributed by atoms with Crippen LogP contribution in [-0.4, -0.2) is 50.3 Å². The fraction of sp³-hybridized carbons (Fsp3) is 0.778. The number of halogens is 3. The van der Waals surface area contributed by atoms with E-state index in [1.165, 1.54) is 11.9 Å². The molecule has 1 aliphatic heterocycles. The molecule has 0 spiro atoms. The third kappa shape index (κ3) is 2.95. The Hall–Kier alpha value is -1.25. The molecule has 2 fully saturated rings. The van der Waals surface area contributed by atoms with Crippen molar-refractivity contribution in [2.75, 3.05) is 20.1 Å². The molecule has 1 saturated carbocycles. The SMILES string of the molecule is CN1CC(=O)OB([C@@H]2CC2C(F)(F)F)OC(=O)C1. The zero-order chi connectivity index (χ0) is 13.5. The average molecular weight is 265 g/mol. The van der Waals surface area contributed by atoms with E-state index in [0.29, 0.717) is 0 Å². The molecule has 0 aromatic carbocycles. The van der Waals surface area contributed by atoms with Crippen molar-refractivity contribution in [2.45, 2.75) is 18.4 Å². The molecule has 2 atom stereocenters. The first kappa shape index (κ1) is 13.2. The van der Waals surface area contributed by atoms with Crippen LogP contribution in [0.5, 0.6) is 0 Å². The summed E-state index contributed by atoms with van der Waals surface area (Å²) in [5.74, 6) is -3.91. The van der Waals surface area contributed by atoms with Gasteiger partial charge >= 0.3 is 25.2 Å². The molecule has 1 unspecified atom stereocenters. The molecule has 0 aromatic heterocycles. The number of alkyl halides is 3. The first-order chi connectivity index (χ1) is 8.27. The van der Waals surface area contributed by atoms with Crippen molar-refractivity contribution in [1.29, 1.82) is 0 Å². The van der Waals surface area contributed by atoms with Gasteiger partial charge in [0.1, 0.15) is 0 Å². The van der Waals surface area contributed by atoms with Crippen LogP contribution >= 0.6 is 0 Å². The van der Waals surface area contributed by atoms with Crippen LogP contribution in [0.15, 0.2) is 0 Å². The lowest BCUT2D eigenvalue weighted by molar-refractivity contribution is -0.152. The van der Waals surface area contributed by atoms with Crippen LogP contribution in [-0.2, 0) is 18.9 Å². The second-order valence-electron chi connectivity index (χ2n) is 4.57. The van der Waals surface area contributed by atoms with Crippen molar-refractivity contribution in [3.8, 4) is 0 Å². The third-order valence-corrected chi connectivity index (χ3v) is 2.90. The Balaban J connectivity index is 2.00. The zero-order valence-corrected chi connectivity index (χ0v) is 9.57. The highest BCUT2D eigenvalue weighted by Gasteiger charge is 2.64. The van der Waals surface area contributed by atoms with Gasteiger partial charge in [0.2, 0.25) is 0 Å². The normalized spacial score (nSPS) is 30.3. The topological polar surface area (TPSA) is 55.8 Å². The molecule has 0 amide bonds. The summed E-state index contributed by atoms with van der Waals surface area (Å²) in [5, 5.41) is 0. The molecule has 0 aromatic rings. The van der Waals surface area contributed by atoms with Gasteiger partial charge in [-0.2, -0.15) is 13.2 Å². The van der Waals surface area contributed by atoms with Gasteiger partial charge in [0, 0.05) is 5.82 Å². The smallest absolute Gasteiger partial charge is 0.498 e. The summed E-state index contributed by atoms with van der Waals surface area (Å²) in [6, 6.07) is 0. The molecule has 18 heavy (non-hydrogen) atoms. The van der Waals surface area contributed by atoms with Gasteiger partial charge in [-0.1, -0.05) is 0 Å². The average Bonchev–Trinajstić information content (AvgIpc) is 2.91. The lowest BCUT2D eigenvalue weighted by atomic mass is 9.80. The second kappa shape index (κ2) is 4.45. The summed E-state index contributed by atoms with van der Waals surface area (Å²) in [5.41, 5.74) is 0. The first-order valence-electron chi connectivity index (χ1n) is 5.41. The van der Waals surface area contributed by atoms with Crippen molar-refractivity contribution in [3.05, 3.63) is 0 Å². The summed E-state index contributed by atoms with van der Waals surface area (Å²) in [6.07, 6.45) is -4.52. The Kier molecular flexibility index (Phi) is 3.26. The molecular formula is C9H11BF3NO4. The summed E-state index contributed by atoms with van der Waals surface area (Å²) in [4.78, 5) is 24.0. The van der Waals surface area contributed by atoms with Gasteiger partial charge in [0.25, 0.3) is 0 Å². The van der Waals surface area contributed by atoms with Gasteiger partial charge in [-0.15, -0.1) is 0 Å². The fourth-order valence-electron chi connectivity index (χ4n) is 1.92. The fourth-order valence-corrected chi connectivity index (χ4v) is 1.92. The molecule has 1 saturated heterocycles. The van der Waals surface area contributed by atoms with E-state index in [4.69, 9.17) is 9.31 Å². The Morgan fingerprint density at radius 1 is 1.22 bits per heavy atom. The standard InChI is InChI=1S/C9H11BF3NO4/c1-14-3-7(15)17-10(18-8(16)4-14)6-2-5(6)9(11,12)13/h5-6H,2-4H2,1H3/t5?,6-/m1/s1. The van der Waals surface area contributed by atoms with Gasteiger partial charge < -0.3 is 9.31 Å². The molecule has 1 heterocycles. The third-order valence-electron chi connectivity index (χ3n) is 2.90. The highest BCUT2D eigenvalue weighted by atomic mass is 19.4. The van der Waals surface area contributed by atoms with Crippen molar-refractivity contribution in [2.24, 2.45) is 5.92 Å². The second-order valence-corrected chi connectivity index (χ2v) is 4.57. The molecule has 0 bridgehead atoms. The lowest BCUT2D eigenvalue weighted by Crippen LogP contribution is -2.43. The number of hydrogen-bond acceptors (Lipinski definition) is 5. The van der Waals surface area contributed by atoms with E-state index < -0.39 is 37.0 Å². The Labute approximate surface area is 101 Å². The number of nitrogens with zero attached hydrogens (tertiary/aromatic N) is 1.